The number of carbonyl (C=O) groups excluding carboxylic acids is 2. The van der Waals surface area contributed by atoms with Crippen molar-refractivity contribution in [2.45, 2.75) is 33.3 Å². The number of amides is 2. The van der Waals surface area contributed by atoms with Crippen molar-refractivity contribution < 1.29 is 19.1 Å². The average Bonchev–Trinajstić information content (AvgIpc) is 3.13. The second-order valence-corrected chi connectivity index (χ2v) is 10.8. The molecule has 0 saturated carbocycles. The van der Waals surface area contributed by atoms with Crippen molar-refractivity contribution >= 4 is 52.2 Å². The predicted octanol–water partition coefficient (Wildman–Crippen LogP) is 8.12. The number of rotatable bonds is 9. The minimum Gasteiger partial charge on any atom is -0.491 e. The number of nitrogens with zero attached hydrogens (tertiary/aromatic N) is 1. The SMILES string of the molecule is Cc1ccc(C(C)C)c(OCCN2C(=O)S/C(=C\c3ccc(OCc4ccc(Cl)c(Cl)c4)cc3)C2=O)c1. The molecular formula is C29H27Cl2NO4S. The van der Waals surface area contributed by atoms with Gasteiger partial charge in [-0.1, -0.05) is 67.4 Å². The molecule has 1 aliphatic heterocycles. The Bertz CT molecular complexity index is 1340. The molecule has 4 rings (SSSR count). The number of hydrogen-bond donors (Lipinski definition) is 0. The summed E-state index contributed by atoms with van der Waals surface area (Å²) < 4.78 is 11.8. The van der Waals surface area contributed by atoms with Crippen molar-refractivity contribution in [1.82, 2.24) is 4.90 Å². The van der Waals surface area contributed by atoms with Crippen LogP contribution in [-0.2, 0) is 11.4 Å². The maximum absolute atomic E-state index is 12.9. The first-order chi connectivity index (χ1) is 17.7. The Kier molecular flexibility index (Phi) is 8.85. The van der Waals surface area contributed by atoms with E-state index in [-0.39, 0.29) is 24.3 Å². The van der Waals surface area contributed by atoms with E-state index < -0.39 is 0 Å². The molecule has 2 amide bonds. The Morgan fingerprint density at radius 2 is 1.70 bits per heavy atom. The molecule has 0 aromatic heterocycles. The van der Waals surface area contributed by atoms with Gasteiger partial charge in [0.15, 0.2) is 0 Å². The number of imide groups is 1. The van der Waals surface area contributed by atoms with Gasteiger partial charge >= 0.3 is 0 Å². The van der Waals surface area contributed by atoms with Crippen LogP contribution in [0.3, 0.4) is 0 Å². The summed E-state index contributed by atoms with van der Waals surface area (Å²) in [5.74, 6) is 1.46. The van der Waals surface area contributed by atoms with Crippen LogP contribution in [0.25, 0.3) is 6.08 Å². The molecule has 3 aromatic rings. The minimum atomic E-state index is -0.313. The average molecular weight is 557 g/mol. The monoisotopic (exact) mass is 555 g/mol. The van der Waals surface area contributed by atoms with Gasteiger partial charge in [-0.2, -0.15) is 0 Å². The summed E-state index contributed by atoms with van der Waals surface area (Å²) in [5.41, 5.74) is 3.90. The van der Waals surface area contributed by atoms with Crippen LogP contribution in [-0.4, -0.2) is 29.2 Å². The fourth-order valence-corrected chi connectivity index (χ4v) is 4.98. The summed E-state index contributed by atoms with van der Waals surface area (Å²) in [7, 11) is 0. The van der Waals surface area contributed by atoms with E-state index in [4.69, 9.17) is 32.7 Å². The molecule has 8 heteroatoms. The van der Waals surface area contributed by atoms with Gasteiger partial charge in [-0.05, 0) is 83.3 Å². The van der Waals surface area contributed by atoms with E-state index in [9.17, 15) is 9.59 Å². The number of thioether (sulfide) groups is 1. The van der Waals surface area contributed by atoms with E-state index in [2.05, 4.69) is 26.0 Å². The largest absolute Gasteiger partial charge is 0.491 e. The molecule has 0 unspecified atom stereocenters. The summed E-state index contributed by atoms with van der Waals surface area (Å²) in [4.78, 5) is 27.0. The molecule has 1 fully saturated rings. The van der Waals surface area contributed by atoms with Gasteiger partial charge in [0.2, 0.25) is 0 Å². The number of ether oxygens (including phenoxy) is 2. The van der Waals surface area contributed by atoms with Crippen molar-refractivity contribution in [3.05, 3.63) is 97.9 Å². The Balaban J connectivity index is 1.34. The summed E-state index contributed by atoms with van der Waals surface area (Å²) >= 11 is 12.9. The second kappa shape index (κ2) is 12.1. The van der Waals surface area contributed by atoms with Crippen LogP contribution in [0.1, 0.15) is 42.0 Å². The highest BCUT2D eigenvalue weighted by atomic mass is 35.5. The van der Waals surface area contributed by atoms with Crippen LogP contribution in [0.2, 0.25) is 10.0 Å². The Morgan fingerprint density at radius 1 is 0.946 bits per heavy atom. The lowest BCUT2D eigenvalue weighted by Crippen LogP contribution is -2.32. The van der Waals surface area contributed by atoms with E-state index in [1.165, 1.54) is 4.90 Å². The standard InChI is InChI=1S/C29H27Cl2NO4S/c1-18(2)23-10-4-19(3)14-26(23)35-13-12-32-28(33)27(37-29(32)34)16-20-5-8-22(9-6-20)36-17-21-7-11-24(30)25(31)15-21/h4-11,14-16,18H,12-13,17H2,1-3H3/b27-16-. The van der Waals surface area contributed by atoms with Crippen molar-refractivity contribution in [3.63, 3.8) is 0 Å². The number of hydrogen-bond acceptors (Lipinski definition) is 5. The number of halogens is 2. The fourth-order valence-electron chi connectivity index (χ4n) is 3.79. The molecule has 3 aromatic carbocycles. The quantitative estimate of drug-likeness (QED) is 0.249. The summed E-state index contributed by atoms with van der Waals surface area (Å²) in [6.07, 6.45) is 1.71. The highest BCUT2D eigenvalue weighted by Gasteiger charge is 2.34. The smallest absolute Gasteiger partial charge is 0.293 e. The molecule has 5 nitrogen and oxygen atoms in total. The van der Waals surface area contributed by atoms with E-state index in [1.54, 1.807) is 18.2 Å². The third-order valence-electron chi connectivity index (χ3n) is 5.80. The Hall–Kier alpha value is -2.93. The van der Waals surface area contributed by atoms with Crippen LogP contribution in [0.4, 0.5) is 4.79 Å². The van der Waals surface area contributed by atoms with Gasteiger partial charge in [-0.25, -0.2) is 0 Å². The van der Waals surface area contributed by atoms with Crippen molar-refractivity contribution in [2.75, 3.05) is 13.2 Å². The van der Waals surface area contributed by atoms with Crippen LogP contribution >= 0.6 is 35.0 Å². The van der Waals surface area contributed by atoms with Crippen LogP contribution in [0.5, 0.6) is 11.5 Å². The van der Waals surface area contributed by atoms with Gasteiger partial charge in [0.1, 0.15) is 24.7 Å². The van der Waals surface area contributed by atoms with Crippen molar-refractivity contribution in [3.8, 4) is 11.5 Å². The molecule has 37 heavy (non-hydrogen) atoms. The van der Waals surface area contributed by atoms with Gasteiger partial charge in [0, 0.05) is 0 Å². The van der Waals surface area contributed by atoms with Crippen molar-refractivity contribution in [1.29, 1.82) is 0 Å². The highest BCUT2D eigenvalue weighted by molar-refractivity contribution is 8.18. The van der Waals surface area contributed by atoms with Gasteiger partial charge in [-0.3, -0.25) is 14.5 Å². The van der Waals surface area contributed by atoms with Crippen LogP contribution in [0.15, 0.2) is 65.6 Å². The van der Waals surface area contributed by atoms with Gasteiger partial charge in [-0.15, -0.1) is 0 Å². The number of benzene rings is 3. The Labute approximate surface area is 231 Å². The summed E-state index contributed by atoms with van der Waals surface area (Å²) in [6.45, 7) is 6.99. The van der Waals surface area contributed by atoms with Gasteiger partial charge in [0.25, 0.3) is 11.1 Å². The third-order valence-corrected chi connectivity index (χ3v) is 7.45. The second-order valence-electron chi connectivity index (χ2n) is 8.98. The van der Waals surface area contributed by atoms with Crippen molar-refractivity contribution in [2.24, 2.45) is 0 Å². The Morgan fingerprint density at radius 3 is 2.41 bits per heavy atom. The molecule has 0 N–H and O–H groups in total. The van der Waals surface area contributed by atoms with E-state index in [0.29, 0.717) is 33.2 Å². The zero-order valence-electron chi connectivity index (χ0n) is 20.8. The fraction of sp³-hybridized carbons (Fsp3) is 0.241. The van der Waals surface area contributed by atoms with E-state index in [0.717, 1.165) is 39.8 Å². The maximum atomic E-state index is 12.9. The zero-order chi connectivity index (χ0) is 26.5. The molecule has 0 spiro atoms. The van der Waals surface area contributed by atoms with Crippen LogP contribution < -0.4 is 9.47 Å². The molecule has 0 radical (unpaired) electrons. The lowest BCUT2D eigenvalue weighted by atomic mass is 10.0. The molecule has 1 heterocycles. The first kappa shape index (κ1) is 27.1. The molecule has 0 atom stereocenters. The summed E-state index contributed by atoms with van der Waals surface area (Å²) in [5, 5.41) is 0.683. The topological polar surface area (TPSA) is 55.8 Å². The molecule has 192 valence electrons. The van der Waals surface area contributed by atoms with Gasteiger partial charge < -0.3 is 9.47 Å². The first-order valence-corrected chi connectivity index (χ1v) is 13.4. The van der Waals surface area contributed by atoms with Gasteiger partial charge in [0.05, 0.1) is 21.5 Å². The lowest BCUT2D eigenvalue weighted by Gasteiger charge is -2.17. The zero-order valence-corrected chi connectivity index (χ0v) is 23.1. The molecule has 0 aliphatic carbocycles. The molecule has 1 aliphatic rings. The normalized spacial score (nSPS) is 14.6. The lowest BCUT2D eigenvalue weighted by molar-refractivity contribution is -0.123. The van der Waals surface area contributed by atoms with E-state index >= 15 is 0 Å². The highest BCUT2D eigenvalue weighted by Crippen LogP contribution is 2.33. The third kappa shape index (κ3) is 6.89. The van der Waals surface area contributed by atoms with Crippen LogP contribution in [0, 0.1) is 6.92 Å². The number of carbonyl (C=O) groups is 2. The summed E-state index contributed by atoms with van der Waals surface area (Å²) in [6, 6.07) is 18.8. The molecular weight excluding hydrogens is 529 g/mol. The number of aryl methyl sites for hydroxylation is 1. The predicted molar refractivity (Wildman–Crippen MR) is 151 cm³/mol. The minimum absolute atomic E-state index is 0.189. The first-order valence-electron chi connectivity index (χ1n) is 11.9. The van der Waals surface area contributed by atoms with E-state index in [1.807, 2.05) is 43.3 Å². The molecule has 1 saturated heterocycles. The maximum Gasteiger partial charge on any atom is 0.293 e. The molecule has 0 bridgehead atoms.